The number of nitrogens with one attached hydrogen (secondary N) is 1. The van der Waals surface area contributed by atoms with Crippen molar-refractivity contribution in [2.45, 2.75) is 0 Å². The van der Waals surface area contributed by atoms with E-state index in [9.17, 15) is 9.59 Å². The summed E-state index contributed by atoms with van der Waals surface area (Å²) in [7, 11) is 1.65. The quantitative estimate of drug-likeness (QED) is 0.884. The zero-order valence-corrected chi connectivity index (χ0v) is 12.6. The van der Waals surface area contributed by atoms with E-state index in [0.29, 0.717) is 26.2 Å². The number of urea groups is 2. The van der Waals surface area contributed by atoms with Crippen LogP contribution in [0.5, 0.6) is 5.75 Å². The SMILES string of the molecule is COc1ccc(N2CCN(C(=O)N3CCNC3=O)CC2)cc1. The second-order valence-corrected chi connectivity index (χ2v) is 5.34. The van der Waals surface area contributed by atoms with Crippen molar-refractivity contribution in [2.24, 2.45) is 0 Å². The summed E-state index contributed by atoms with van der Waals surface area (Å²) >= 11 is 0. The van der Waals surface area contributed by atoms with Gasteiger partial charge < -0.3 is 19.9 Å². The molecule has 4 amide bonds. The summed E-state index contributed by atoms with van der Waals surface area (Å²) in [6, 6.07) is 7.42. The average Bonchev–Trinajstić information content (AvgIpc) is 3.00. The number of anilines is 1. The molecule has 0 aliphatic carbocycles. The van der Waals surface area contributed by atoms with Crippen molar-refractivity contribution in [3.8, 4) is 5.75 Å². The molecule has 0 bridgehead atoms. The van der Waals surface area contributed by atoms with Crippen molar-refractivity contribution in [2.75, 3.05) is 51.3 Å². The van der Waals surface area contributed by atoms with Crippen LogP contribution in [-0.2, 0) is 0 Å². The molecule has 7 nitrogen and oxygen atoms in total. The van der Waals surface area contributed by atoms with E-state index >= 15 is 0 Å². The highest BCUT2D eigenvalue weighted by molar-refractivity contribution is 5.95. The van der Waals surface area contributed by atoms with Crippen molar-refractivity contribution in [1.29, 1.82) is 0 Å². The van der Waals surface area contributed by atoms with Crippen LogP contribution in [0.3, 0.4) is 0 Å². The molecular weight excluding hydrogens is 284 g/mol. The van der Waals surface area contributed by atoms with Crippen LogP contribution in [0.15, 0.2) is 24.3 Å². The minimum Gasteiger partial charge on any atom is -0.497 e. The van der Waals surface area contributed by atoms with Gasteiger partial charge in [0.05, 0.1) is 7.11 Å². The molecule has 0 saturated carbocycles. The molecule has 1 aromatic carbocycles. The molecule has 3 rings (SSSR count). The molecular formula is C15H20N4O3. The zero-order valence-electron chi connectivity index (χ0n) is 12.6. The van der Waals surface area contributed by atoms with E-state index in [-0.39, 0.29) is 12.1 Å². The standard InChI is InChI=1S/C15H20N4O3/c1-22-13-4-2-12(3-5-13)17-8-10-18(11-9-17)15(21)19-7-6-16-14(19)20/h2-5H,6-11H2,1H3,(H,16,20). The van der Waals surface area contributed by atoms with Gasteiger partial charge in [0, 0.05) is 45.0 Å². The largest absolute Gasteiger partial charge is 0.497 e. The molecule has 0 radical (unpaired) electrons. The van der Waals surface area contributed by atoms with Crippen molar-refractivity contribution in [3.63, 3.8) is 0 Å². The maximum absolute atomic E-state index is 12.3. The fourth-order valence-electron chi connectivity index (χ4n) is 2.77. The zero-order chi connectivity index (χ0) is 15.5. The third-order valence-electron chi connectivity index (χ3n) is 4.08. The number of benzene rings is 1. The summed E-state index contributed by atoms with van der Waals surface area (Å²) in [6.07, 6.45) is 0. The maximum Gasteiger partial charge on any atom is 0.328 e. The first-order valence-electron chi connectivity index (χ1n) is 7.42. The Labute approximate surface area is 129 Å². The highest BCUT2D eigenvalue weighted by Gasteiger charge is 2.31. The van der Waals surface area contributed by atoms with Crippen LogP contribution >= 0.6 is 0 Å². The molecule has 22 heavy (non-hydrogen) atoms. The summed E-state index contributed by atoms with van der Waals surface area (Å²) in [5.74, 6) is 0.831. The molecule has 1 N–H and O–H groups in total. The lowest BCUT2D eigenvalue weighted by Gasteiger charge is -2.37. The Morgan fingerprint density at radius 3 is 2.32 bits per heavy atom. The lowest BCUT2D eigenvalue weighted by Crippen LogP contribution is -2.53. The monoisotopic (exact) mass is 304 g/mol. The van der Waals surface area contributed by atoms with Crippen LogP contribution in [0.2, 0.25) is 0 Å². The van der Waals surface area contributed by atoms with Crippen LogP contribution in [0.4, 0.5) is 15.3 Å². The highest BCUT2D eigenvalue weighted by Crippen LogP contribution is 2.20. The third kappa shape index (κ3) is 2.79. The number of imide groups is 1. The summed E-state index contributed by atoms with van der Waals surface area (Å²) in [5, 5.41) is 2.65. The number of carbonyl (C=O) groups is 2. The lowest BCUT2D eigenvalue weighted by molar-refractivity contribution is 0.161. The van der Waals surface area contributed by atoms with Crippen molar-refractivity contribution < 1.29 is 14.3 Å². The van der Waals surface area contributed by atoms with E-state index in [4.69, 9.17) is 4.74 Å². The van der Waals surface area contributed by atoms with Gasteiger partial charge in [-0.1, -0.05) is 0 Å². The number of hydrogen-bond donors (Lipinski definition) is 1. The Kier molecular flexibility index (Phi) is 4.04. The summed E-state index contributed by atoms with van der Waals surface area (Å²) in [5.41, 5.74) is 1.12. The van der Waals surface area contributed by atoms with Crippen LogP contribution < -0.4 is 15.0 Å². The first kappa shape index (κ1) is 14.5. The van der Waals surface area contributed by atoms with Gasteiger partial charge in [-0.15, -0.1) is 0 Å². The van der Waals surface area contributed by atoms with Crippen LogP contribution in [0.1, 0.15) is 0 Å². The Bertz CT molecular complexity index is 552. The lowest BCUT2D eigenvalue weighted by atomic mass is 10.2. The van der Waals surface area contributed by atoms with Crippen molar-refractivity contribution >= 4 is 17.7 Å². The predicted octanol–water partition coefficient (Wildman–Crippen LogP) is 0.962. The van der Waals surface area contributed by atoms with E-state index in [1.54, 1.807) is 12.0 Å². The van der Waals surface area contributed by atoms with E-state index in [0.717, 1.165) is 24.5 Å². The fourth-order valence-corrected chi connectivity index (χ4v) is 2.77. The van der Waals surface area contributed by atoms with Gasteiger partial charge in [-0.05, 0) is 24.3 Å². The van der Waals surface area contributed by atoms with Gasteiger partial charge in [0.1, 0.15) is 5.75 Å². The normalized spacial score (nSPS) is 18.4. The Hall–Kier alpha value is -2.44. The molecule has 2 heterocycles. The molecule has 0 spiro atoms. The predicted molar refractivity (Wildman–Crippen MR) is 82.3 cm³/mol. The molecule has 0 aromatic heterocycles. The Morgan fingerprint density at radius 1 is 1.09 bits per heavy atom. The number of rotatable bonds is 2. The minimum atomic E-state index is -0.289. The number of carbonyl (C=O) groups excluding carboxylic acids is 2. The van der Waals surface area contributed by atoms with Gasteiger partial charge >= 0.3 is 12.1 Å². The highest BCUT2D eigenvalue weighted by atomic mass is 16.5. The van der Waals surface area contributed by atoms with E-state index in [1.807, 2.05) is 24.3 Å². The maximum atomic E-state index is 12.3. The molecule has 1 aromatic rings. The molecule has 0 unspecified atom stereocenters. The van der Waals surface area contributed by atoms with E-state index in [2.05, 4.69) is 10.2 Å². The van der Waals surface area contributed by atoms with Gasteiger partial charge in [0.15, 0.2) is 0 Å². The number of ether oxygens (including phenoxy) is 1. The van der Waals surface area contributed by atoms with Crippen LogP contribution in [-0.4, -0.2) is 68.2 Å². The molecule has 2 fully saturated rings. The number of hydrogen-bond acceptors (Lipinski definition) is 4. The molecule has 118 valence electrons. The van der Waals surface area contributed by atoms with Crippen molar-refractivity contribution in [3.05, 3.63) is 24.3 Å². The molecule has 0 atom stereocenters. The smallest absolute Gasteiger partial charge is 0.328 e. The van der Waals surface area contributed by atoms with E-state index in [1.165, 1.54) is 4.90 Å². The molecule has 2 saturated heterocycles. The topological polar surface area (TPSA) is 65.1 Å². The first-order chi connectivity index (χ1) is 10.7. The van der Waals surface area contributed by atoms with Crippen LogP contribution in [0, 0.1) is 0 Å². The third-order valence-corrected chi connectivity index (χ3v) is 4.08. The molecule has 2 aliphatic heterocycles. The average molecular weight is 304 g/mol. The second kappa shape index (κ2) is 6.13. The summed E-state index contributed by atoms with van der Waals surface area (Å²) in [4.78, 5) is 29.1. The van der Waals surface area contributed by atoms with Gasteiger partial charge in [-0.3, -0.25) is 0 Å². The molecule has 7 heteroatoms. The number of nitrogens with zero attached hydrogens (tertiary/aromatic N) is 3. The minimum absolute atomic E-state index is 0.190. The summed E-state index contributed by atoms with van der Waals surface area (Å²) in [6.45, 7) is 3.75. The van der Waals surface area contributed by atoms with Crippen molar-refractivity contribution in [1.82, 2.24) is 15.1 Å². The van der Waals surface area contributed by atoms with Gasteiger partial charge in [-0.25, -0.2) is 14.5 Å². The molecule has 2 aliphatic rings. The van der Waals surface area contributed by atoms with E-state index < -0.39 is 0 Å². The second-order valence-electron chi connectivity index (χ2n) is 5.34. The fraction of sp³-hybridized carbons (Fsp3) is 0.467. The Balaban J connectivity index is 1.57. The van der Waals surface area contributed by atoms with Gasteiger partial charge in [-0.2, -0.15) is 0 Å². The first-order valence-corrected chi connectivity index (χ1v) is 7.42. The summed E-state index contributed by atoms with van der Waals surface area (Å²) < 4.78 is 5.16. The van der Waals surface area contributed by atoms with Gasteiger partial charge in [0.2, 0.25) is 0 Å². The number of piperazine rings is 1. The van der Waals surface area contributed by atoms with Crippen LogP contribution in [0.25, 0.3) is 0 Å². The Morgan fingerprint density at radius 2 is 1.77 bits per heavy atom. The number of methoxy groups -OCH3 is 1. The van der Waals surface area contributed by atoms with Gasteiger partial charge in [0.25, 0.3) is 0 Å². The number of amides is 4.